The molecule has 0 aromatic rings. The van der Waals surface area contributed by atoms with Gasteiger partial charge in [0.1, 0.15) is 0 Å². The summed E-state index contributed by atoms with van der Waals surface area (Å²) in [5.41, 5.74) is 0.521. The third-order valence-corrected chi connectivity index (χ3v) is 3.17. The van der Waals surface area contributed by atoms with E-state index in [4.69, 9.17) is 4.74 Å². The molecule has 0 radical (unpaired) electrons. The Morgan fingerprint density at radius 3 is 2.33 bits per heavy atom. The van der Waals surface area contributed by atoms with E-state index in [-0.39, 0.29) is 0 Å². The van der Waals surface area contributed by atoms with E-state index in [1.54, 1.807) is 0 Å². The first-order chi connectivity index (χ1) is 5.67. The molecule has 1 nitrogen and oxygen atoms in total. The standard InChI is InChI=1S/C11H22O/c1-4-5-6-7-11(2,3)10-8-12-9-10/h10H,4-9H2,1-3H3. The molecule has 0 bridgehead atoms. The lowest BCUT2D eigenvalue weighted by atomic mass is 9.74. The first-order valence-electron chi connectivity index (χ1n) is 5.24. The zero-order valence-electron chi connectivity index (χ0n) is 8.73. The van der Waals surface area contributed by atoms with Crippen LogP contribution >= 0.6 is 0 Å². The highest BCUT2D eigenvalue weighted by Crippen LogP contribution is 2.36. The third kappa shape index (κ3) is 2.48. The van der Waals surface area contributed by atoms with Crippen molar-refractivity contribution in [3.8, 4) is 0 Å². The molecular weight excluding hydrogens is 148 g/mol. The Morgan fingerprint density at radius 2 is 1.92 bits per heavy atom. The molecule has 0 aliphatic carbocycles. The van der Waals surface area contributed by atoms with Gasteiger partial charge in [0.2, 0.25) is 0 Å². The Morgan fingerprint density at radius 1 is 1.25 bits per heavy atom. The van der Waals surface area contributed by atoms with E-state index in [0.29, 0.717) is 5.41 Å². The van der Waals surface area contributed by atoms with Crippen molar-refractivity contribution in [1.29, 1.82) is 0 Å². The van der Waals surface area contributed by atoms with Crippen molar-refractivity contribution in [2.24, 2.45) is 11.3 Å². The molecule has 1 saturated heterocycles. The summed E-state index contributed by atoms with van der Waals surface area (Å²) in [4.78, 5) is 0. The number of unbranched alkanes of at least 4 members (excludes halogenated alkanes) is 2. The van der Waals surface area contributed by atoms with Crippen LogP contribution in [0.4, 0.5) is 0 Å². The molecule has 1 rings (SSSR count). The van der Waals surface area contributed by atoms with E-state index in [0.717, 1.165) is 19.1 Å². The highest BCUT2D eigenvalue weighted by Gasteiger charge is 2.34. The van der Waals surface area contributed by atoms with E-state index in [1.807, 2.05) is 0 Å². The maximum Gasteiger partial charge on any atom is 0.0521 e. The molecule has 0 aromatic heterocycles. The first-order valence-corrected chi connectivity index (χ1v) is 5.24. The number of rotatable bonds is 5. The lowest BCUT2D eigenvalue weighted by molar-refractivity contribution is -0.0907. The largest absolute Gasteiger partial charge is 0.381 e. The maximum atomic E-state index is 5.23. The lowest BCUT2D eigenvalue weighted by Gasteiger charge is -2.40. The van der Waals surface area contributed by atoms with E-state index in [1.165, 1.54) is 25.7 Å². The molecule has 0 N–H and O–H groups in total. The van der Waals surface area contributed by atoms with Crippen molar-refractivity contribution in [3.05, 3.63) is 0 Å². The monoisotopic (exact) mass is 170 g/mol. The van der Waals surface area contributed by atoms with Gasteiger partial charge in [0.25, 0.3) is 0 Å². The Hall–Kier alpha value is -0.0400. The quantitative estimate of drug-likeness (QED) is 0.575. The Kier molecular flexibility index (Phi) is 3.57. The molecule has 0 unspecified atom stereocenters. The molecule has 0 spiro atoms. The van der Waals surface area contributed by atoms with Gasteiger partial charge in [-0.15, -0.1) is 0 Å². The predicted octanol–water partition coefficient (Wildman–Crippen LogP) is 3.24. The molecule has 12 heavy (non-hydrogen) atoms. The van der Waals surface area contributed by atoms with Crippen LogP contribution in [0.5, 0.6) is 0 Å². The van der Waals surface area contributed by atoms with Gasteiger partial charge >= 0.3 is 0 Å². The molecule has 1 heteroatoms. The fourth-order valence-corrected chi connectivity index (χ4v) is 1.72. The van der Waals surface area contributed by atoms with Crippen LogP contribution in [0.2, 0.25) is 0 Å². The molecule has 0 amide bonds. The summed E-state index contributed by atoms with van der Waals surface area (Å²) in [5.74, 6) is 0.828. The van der Waals surface area contributed by atoms with Crippen LogP contribution in [-0.4, -0.2) is 13.2 Å². The van der Waals surface area contributed by atoms with Crippen molar-refractivity contribution in [2.45, 2.75) is 46.5 Å². The van der Waals surface area contributed by atoms with Gasteiger partial charge in [-0.3, -0.25) is 0 Å². The summed E-state index contributed by atoms with van der Waals surface area (Å²) in [6.07, 6.45) is 5.48. The van der Waals surface area contributed by atoms with Gasteiger partial charge in [-0.25, -0.2) is 0 Å². The normalized spacial score (nSPS) is 19.2. The van der Waals surface area contributed by atoms with Crippen LogP contribution in [0.15, 0.2) is 0 Å². The van der Waals surface area contributed by atoms with Crippen molar-refractivity contribution in [3.63, 3.8) is 0 Å². The minimum atomic E-state index is 0.521. The molecule has 1 aliphatic rings. The average molecular weight is 170 g/mol. The number of hydrogen-bond donors (Lipinski definition) is 0. The second kappa shape index (κ2) is 4.27. The van der Waals surface area contributed by atoms with Crippen LogP contribution in [0.25, 0.3) is 0 Å². The molecule has 0 atom stereocenters. The van der Waals surface area contributed by atoms with Crippen LogP contribution in [0.1, 0.15) is 46.5 Å². The maximum absolute atomic E-state index is 5.23. The van der Waals surface area contributed by atoms with Crippen molar-refractivity contribution in [1.82, 2.24) is 0 Å². The Bertz CT molecular complexity index is 125. The van der Waals surface area contributed by atoms with E-state index >= 15 is 0 Å². The molecule has 0 saturated carbocycles. The Labute approximate surface area is 76.5 Å². The number of hydrogen-bond acceptors (Lipinski definition) is 1. The summed E-state index contributed by atoms with van der Waals surface area (Å²) in [5, 5.41) is 0. The zero-order valence-corrected chi connectivity index (χ0v) is 8.73. The highest BCUT2D eigenvalue weighted by atomic mass is 16.5. The van der Waals surface area contributed by atoms with Gasteiger partial charge in [0, 0.05) is 5.92 Å². The van der Waals surface area contributed by atoms with Gasteiger partial charge in [-0.1, -0.05) is 40.0 Å². The summed E-state index contributed by atoms with van der Waals surface area (Å²) >= 11 is 0. The van der Waals surface area contributed by atoms with E-state index in [2.05, 4.69) is 20.8 Å². The summed E-state index contributed by atoms with van der Waals surface area (Å²) in [7, 11) is 0. The van der Waals surface area contributed by atoms with Gasteiger partial charge in [-0.2, -0.15) is 0 Å². The zero-order chi connectivity index (χ0) is 9.03. The smallest absolute Gasteiger partial charge is 0.0521 e. The average Bonchev–Trinajstić information content (AvgIpc) is 1.82. The van der Waals surface area contributed by atoms with Gasteiger partial charge in [-0.05, 0) is 11.8 Å². The van der Waals surface area contributed by atoms with Crippen molar-refractivity contribution < 1.29 is 4.74 Å². The van der Waals surface area contributed by atoms with E-state index < -0.39 is 0 Å². The fourth-order valence-electron chi connectivity index (χ4n) is 1.72. The van der Waals surface area contributed by atoms with Crippen molar-refractivity contribution in [2.75, 3.05) is 13.2 Å². The number of ether oxygens (including phenoxy) is 1. The third-order valence-electron chi connectivity index (χ3n) is 3.17. The fraction of sp³-hybridized carbons (Fsp3) is 1.00. The molecule has 1 heterocycles. The first kappa shape index (κ1) is 10.0. The van der Waals surface area contributed by atoms with Crippen LogP contribution in [0, 0.1) is 11.3 Å². The van der Waals surface area contributed by atoms with E-state index in [9.17, 15) is 0 Å². The predicted molar refractivity (Wildman–Crippen MR) is 52.2 cm³/mol. The second-order valence-electron chi connectivity index (χ2n) is 4.68. The van der Waals surface area contributed by atoms with Gasteiger partial charge < -0.3 is 4.74 Å². The molecular formula is C11H22O. The van der Waals surface area contributed by atoms with Crippen molar-refractivity contribution >= 4 is 0 Å². The molecule has 1 fully saturated rings. The topological polar surface area (TPSA) is 9.23 Å². The molecule has 72 valence electrons. The minimum Gasteiger partial charge on any atom is -0.381 e. The highest BCUT2D eigenvalue weighted by molar-refractivity contribution is 4.82. The van der Waals surface area contributed by atoms with Crippen LogP contribution in [-0.2, 0) is 4.74 Å². The summed E-state index contributed by atoms with van der Waals surface area (Å²) < 4.78 is 5.23. The van der Waals surface area contributed by atoms with Gasteiger partial charge in [0.05, 0.1) is 13.2 Å². The van der Waals surface area contributed by atoms with Gasteiger partial charge in [0.15, 0.2) is 0 Å². The summed E-state index contributed by atoms with van der Waals surface area (Å²) in [6.45, 7) is 9.03. The summed E-state index contributed by atoms with van der Waals surface area (Å²) in [6, 6.07) is 0. The molecule has 1 aliphatic heterocycles. The SMILES string of the molecule is CCCCCC(C)(C)C1COC1. The van der Waals surface area contributed by atoms with Crippen LogP contribution in [0.3, 0.4) is 0 Å². The minimum absolute atomic E-state index is 0.521. The van der Waals surface area contributed by atoms with Crippen LogP contribution < -0.4 is 0 Å². The lowest BCUT2D eigenvalue weighted by Crippen LogP contribution is -2.39. The molecule has 0 aromatic carbocycles. The Balaban J connectivity index is 2.17. The second-order valence-corrected chi connectivity index (χ2v) is 4.68.